The molecule has 3 aromatic rings. The average molecular weight is 493 g/mol. The van der Waals surface area contributed by atoms with E-state index in [1.54, 1.807) is 31.4 Å². The Bertz CT molecular complexity index is 1520. The largest absolute Gasteiger partial charge is 0.497 e. The highest BCUT2D eigenvalue weighted by Crippen LogP contribution is 2.58. The van der Waals surface area contributed by atoms with Crippen LogP contribution >= 0.6 is 0 Å². The van der Waals surface area contributed by atoms with E-state index in [1.165, 1.54) is 6.92 Å². The highest BCUT2D eigenvalue weighted by Gasteiger charge is 2.70. The molecule has 0 aromatic heterocycles. The molecule has 0 radical (unpaired) electrons. The van der Waals surface area contributed by atoms with Crippen LogP contribution in [0.25, 0.3) is 5.57 Å². The van der Waals surface area contributed by atoms with Crippen molar-refractivity contribution in [2.75, 3.05) is 17.3 Å². The number of amides is 1. The smallest absolute Gasteiger partial charge is 0.238 e. The molecule has 186 valence electrons. The van der Waals surface area contributed by atoms with Gasteiger partial charge in [0.05, 0.1) is 25.1 Å². The summed E-state index contributed by atoms with van der Waals surface area (Å²) in [6, 6.07) is 19.2. The number of carbonyl (C=O) groups is 3. The van der Waals surface area contributed by atoms with Crippen LogP contribution in [-0.4, -0.2) is 36.7 Å². The van der Waals surface area contributed by atoms with Gasteiger partial charge in [0.1, 0.15) is 11.2 Å². The van der Waals surface area contributed by atoms with Crippen LogP contribution in [0.5, 0.6) is 5.75 Å². The predicted molar refractivity (Wildman–Crippen MR) is 143 cm³/mol. The van der Waals surface area contributed by atoms with E-state index < -0.39 is 23.4 Å². The first-order chi connectivity index (χ1) is 17.8. The quantitative estimate of drug-likeness (QED) is 0.522. The second-order valence-electron chi connectivity index (χ2n) is 10.2. The molecule has 1 amide bonds. The van der Waals surface area contributed by atoms with Crippen LogP contribution in [0.4, 0.5) is 11.4 Å². The predicted octanol–water partition coefficient (Wildman–Crippen LogP) is 4.96. The van der Waals surface area contributed by atoms with Gasteiger partial charge in [-0.1, -0.05) is 48.0 Å². The molecule has 6 heteroatoms. The Kier molecular flexibility index (Phi) is 5.13. The lowest BCUT2D eigenvalue weighted by atomic mass is 9.64. The number of anilines is 2. The molecular formula is C31H28N2O4. The highest BCUT2D eigenvalue weighted by molar-refractivity contribution is 6.16. The molecule has 3 aromatic carbocycles. The van der Waals surface area contributed by atoms with Crippen molar-refractivity contribution < 1.29 is 19.1 Å². The van der Waals surface area contributed by atoms with E-state index in [1.807, 2.05) is 55.1 Å². The van der Waals surface area contributed by atoms with E-state index in [4.69, 9.17) is 4.74 Å². The van der Waals surface area contributed by atoms with Gasteiger partial charge in [-0.3, -0.25) is 14.4 Å². The maximum absolute atomic E-state index is 14.5. The number of allylic oxidation sites excluding steroid dienone is 1. The zero-order valence-electron chi connectivity index (χ0n) is 21.2. The van der Waals surface area contributed by atoms with Gasteiger partial charge in [0, 0.05) is 22.5 Å². The number of benzene rings is 3. The summed E-state index contributed by atoms with van der Waals surface area (Å²) in [7, 11) is 1.55. The van der Waals surface area contributed by atoms with Crippen molar-refractivity contribution >= 4 is 34.4 Å². The third kappa shape index (κ3) is 3.08. The molecule has 0 bridgehead atoms. The van der Waals surface area contributed by atoms with Gasteiger partial charge in [0.2, 0.25) is 5.91 Å². The molecule has 3 aliphatic heterocycles. The Hall–Kier alpha value is -4.19. The number of Topliss-reactive ketones (excluding diaryl/α,β-unsaturated/α-hetero) is 2. The number of rotatable bonds is 4. The molecule has 6 rings (SSSR count). The van der Waals surface area contributed by atoms with Crippen LogP contribution in [0.1, 0.15) is 40.9 Å². The monoisotopic (exact) mass is 492 g/mol. The molecule has 0 aliphatic carbocycles. The molecule has 1 saturated heterocycles. The summed E-state index contributed by atoms with van der Waals surface area (Å²) in [5.74, 6) is -1.06. The third-order valence-corrected chi connectivity index (χ3v) is 8.19. The number of nitrogens with zero attached hydrogens (tertiary/aromatic N) is 1. The summed E-state index contributed by atoms with van der Waals surface area (Å²) in [5.41, 5.74) is 4.57. The fraction of sp³-hybridized carbons (Fsp3) is 0.258. The van der Waals surface area contributed by atoms with Gasteiger partial charge in [0.15, 0.2) is 11.6 Å². The number of para-hydroxylation sites is 1. The average Bonchev–Trinajstić information content (AvgIpc) is 3.36. The molecule has 3 aliphatic rings. The molecule has 1 spiro atoms. The summed E-state index contributed by atoms with van der Waals surface area (Å²) in [5, 5.41) is 3.05. The van der Waals surface area contributed by atoms with Crippen LogP contribution in [0.2, 0.25) is 0 Å². The minimum absolute atomic E-state index is 0.153. The van der Waals surface area contributed by atoms with Crippen molar-refractivity contribution in [1.82, 2.24) is 0 Å². The Morgan fingerprint density at radius 1 is 1.00 bits per heavy atom. The molecule has 37 heavy (non-hydrogen) atoms. The zero-order valence-corrected chi connectivity index (χ0v) is 21.2. The number of fused-ring (bicyclic) bond motifs is 6. The topological polar surface area (TPSA) is 75.7 Å². The Labute approximate surface area is 215 Å². The van der Waals surface area contributed by atoms with Crippen LogP contribution in [0, 0.1) is 12.8 Å². The minimum Gasteiger partial charge on any atom is -0.497 e. The standard InChI is InChI=1S/C31H28N2O4/c1-17-12-13-25-22(14-17)18(2)15-26-31(23-10-5-6-11-24(23)32-30(31)36)27(28(19(3)34)33(25)26)29(35)20-8-7-9-21(16-20)37-4/h5-16,26-28H,1-4H3,(H,32,36)/t26-,27-,28+,31-/m0/s1. The number of methoxy groups -OCH3 is 1. The lowest BCUT2D eigenvalue weighted by Gasteiger charge is -2.39. The summed E-state index contributed by atoms with van der Waals surface area (Å²) in [4.78, 5) is 44.2. The number of ether oxygens (including phenoxy) is 1. The summed E-state index contributed by atoms with van der Waals surface area (Å²) < 4.78 is 5.38. The normalized spacial score (nSPS) is 25.2. The van der Waals surface area contributed by atoms with Gasteiger partial charge >= 0.3 is 0 Å². The van der Waals surface area contributed by atoms with Crippen LogP contribution in [0.3, 0.4) is 0 Å². The summed E-state index contributed by atoms with van der Waals surface area (Å²) >= 11 is 0. The van der Waals surface area contributed by atoms with Crippen molar-refractivity contribution in [2.45, 2.75) is 38.3 Å². The van der Waals surface area contributed by atoms with Crippen LogP contribution in [0.15, 0.2) is 72.8 Å². The molecule has 4 atom stereocenters. The van der Waals surface area contributed by atoms with Crippen LogP contribution in [-0.2, 0) is 15.0 Å². The molecular weight excluding hydrogens is 464 g/mol. The Morgan fingerprint density at radius 2 is 1.78 bits per heavy atom. The Balaban J connectivity index is 1.67. The highest BCUT2D eigenvalue weighted by atomic mass is 16.5. The maximum atomic E-state index is 14.5. The van der Waals surface area contributed by atoms with Crippen molar-refractivity contribution in [3.05, 3.63) is 95.1 Å². The SMILES string of the molecule is COc1cccc(C(=O)[C@@H]2[C@@H](C(C)=O)N3c4ccc(C)cc4C(C)=C[C@H]3[C@]23C(=O)Nc2ccccc23)c1. The van der Waals surface area contributed by atoms with Gasteiger partial charge in [0.25, 0.3) is 0 Å². The molecule has 0 unspecified atom stereocenters. The minimum atomic E-state index is -1.28. The van der Waals surface area contributed by atoms with Gasteiger partial charge in [-0.2, -0.15) is 0 Å². The van der Waals surface area contributed by atoms with E-state index >= 15 is 0 Å². The lowest BCUT2D eigenvalue weighted by molar-refractivity contribution is -0.122. The molecule has 1 fully saturated rings. The van der Waals surface area contributed by atoms with E-state index in [0.29, 0.717) is 17.0 Å². The first-order valence-corrected chi connectivity index (χ1v) is 12.5. The number of ketones is 2. The zero-order chi connectivity index (χ0) is 26.1. The van der Waals surface area contributed by atoms with E-state index in [0.717, 1.165) is 28.0 Å². The number of carbonyl (C=O) groups excluding carboxylic acids is 3. The third-order valence-electron chi connectivity index (χ3n) is 8.19. The molecule has 1 N–H and O–H groups in total. The number of hydrogen-bond donors (Lipinski definition) is 1. The van der Waals surface area contributed by atoms with Crippen molar-refractivity contribution in [2.24, 2.45) is 5.92 Å². The fourth-order valence-electron chi connectivity index (χ4n) is 6.65. The first-order valence-electron chi connectivity index (χ1n) is 12.5. The van der Waals surface area contributed by atoms with E-state index in [-0.39, 0.29) is 17.5 Å². The van der Waals surface area contributed by atoms with Gasteiger partial charge in [-0.25, -0.2) is 0 Å². The fourth-order valence-corrected chi connectivity index (χ4v) is 6.65. The number of nitrogens with one attached hydrogen (secondary N) is 1. The van der Waals surface area contributed by atoms with Gasteiger partial charge in [-0.15, -0.1) is 0 Å². The second kappa shape index (κ2) is 8.17. The molecule has 0 saturated carbocycles. The van der Waals surface area contributed by atoms with Crippen molar-refractivity contribution in [3.63, 3.8) is 0 Å². The lowest BCUT2D eigenvalue weighted by Crippen LogP contribution is -2.51. The van der Waals surface area contributed by atoms with Gasteiger partial charge in [-0.05, 0) is 62.2 Å². The maximum Gasteiger partial charge on any atom is 0.238 e. The van der Waals surface area contributed by atoms with Crippen molar-refractivity contribution in [1.29, 1.82) is 0 Å². The first kappa shape index (κ1) is 23.2. The Morgan fingerprint density at radius 3 is 2.54 bits per heavy atom. The van der Waals surface area contributed by atoms with Crippen molar-refractivity contribution in [3.8, 4) is 5.75 Å². The van der Waals surface area contributed by atoms with E-state index in [9.17, 15) is 14.4 Å². The molecule has 3 heterocycles. The molecule has 6 nitrogen and oxygen atoms in total. The number of aryl methyl sites for hydroxylation is 1. The number of hydrogen-bond acceptors (Lipinski definition) is 5. The van der Waals surface area contributed by atoms with Crippen LogP contribution < -0.4 is 15.0 Å². The summed E-state index contributed by atoms with van der Waals surface area (Å²) in [6.45, 7) is 5.58. The summed E-state index contributed by atoms with van der Waals surface area (Å²) in [6.07, 6.45) is 2.07. The second-order valence-corrected chi connectivity index (χ2v) is 10.2. The van der Waals surface area contributed by atoms with Gasteiger partial charge < -0.3 is 15.0 Å². The van der Waals surface area contributed by atoms with E-state index in [2.05, 4.69) is 17.5 Å².